The Labute approximate surface area is 222 Å². The smallest absolute Gasteiger partial charge is 0.227 e. The first-order chi connectivity index (χ1) is 17.3. The van der Waals surface area contributed by atoms with Crippen LogP contribution >= 0.6 is 23.2 Å². The van der Waals surface area contributed by atoms with Crippen LogP contribution in [0.15, 0.2) is 36.4 Å². The van der Waals surface area contributed by atoms with Crippen molar-refractivity contribution in [3.63, 3.8) is 0 Å². The van der Waals surface area contributed by atoms with Gasteiger partial charge in [0.25, 0.3) is 0 Å². The minimum atomic E-state index is -0.839. The fourth-order valence-corrected chi connectivity index (χ4v) is 8.28. The van der Waals surface area contributed by atoms with Gasteiger partial charge in [-0.2, -0.15) is 0 Å². The molecule has 0 aromatic heterocycles. The van der Waals surface area contributed by atoms with Crippen molar-refractivity contribution in [1.82, 2.24) is 9.80 Å². The Morgan fingerprint density at radius 3 is 2.78 bits per heavy atom. The van der Waals surface area contributed by atoms with Gasteiger partial charge in [0.1, 0.15) is 11.9 Å². The van der Waals surface area contributed by atoms with Gasteiger partial charge in [-0.05, 0) is 80.3 Å². The molecule has 5 nitrogen and oxygen atoms in total. The molecule has 2 saturated carbocycles. The highest BCUT2D eigenvalue weighted by Gasteiger charge is 2.73. The molecule has 3 fully saturated rings. The average Bonchev–Trinajstić information content (AvgIpc) is 3.60. The lowest BCUT2D eigenvalue weighted by molar-refractivity contribution is -0.200. The summed E-state index contributed by atoms with van der Waals surface area (Å²) < 4.78 is 6.73. The van der Waals surface area contributed by atoms with E-state index >= 15 is 0 Å². The van der Waals surface area contributed by atoms with E-state index in [0.717, 1.165) is 49.6 Å². The Bertz CT molecular complexity index is 1250. The van der Waals surface area contributed by atoms with Gasteiger partial charge < -0.3 is 14.7 Å². The third kappa shape index (κ3) is 3.19. The van der Waals surface area contributed by atoms with Gasteiger partial charge in [-0.3, -0.25) is 9.69 Å². The second-order valence-corrected chi connectivity index (χ2v) is 12.5. The molecule has 190 valence electrons. The Morgan fingerprint density at radius 2 is 2.00 bits per heavy atom. The van der Waals surface area contributed by atoms with Crippen molar-refractivity contribution in [1.29, 1.82) is 0 Å². The van der Waals surface area contributed by atoms with Gasteiger partial charge in [-0.25, -0.2) is 0 Å². The molecule has 1 amide bonds. The standard InChI is InChI=1S/C29H32Cl2N2O3/c1-32(25(34)14-18-7-8-20(30)21(31)13-18)22-9-10-29(35)24-15-19-3-2-4-23-26(19)28(29,27(22)36-23)11-12-33(24)16-17-5-6-17/h2-4,7-8,13,17,22,24,27,35H,5-6,9-12,14-16H2,1H3/t22-,24-,27+,28+,29-/m1/s1. The van der Waals surface area contributed by atoms with Crippen LogP contribution in [-0.4, -0.2) is 64.7 Å². The molecule has 2 bridgehead atoms. The number of likely N-dealkylation sites (N-methyl/N-ethyl adjacent to an activating group) is 1. The lowest BCUT2D eigenvalue weighted by Gasteiger charge is -2.64. The van der Waals surface area contributed by atoms with Gasteiger partial charge in [-0.15, -0.1) is 0 Å². The summed E-state index contributed by atoms with van der Waals surface area (Å²) in [4.78, 5) is 17.9. The zero-order valence-electron chi connectivity index (χ0n) is 20.6. The summed E-state index contributed by atoms with van der Waals surface area (Å²) in [5.41, 5.74) is 2.07. The van der Waals surface area contributed by atoms with Gasteiger partial charge in [0.2, 0.25) is 5.91 Å². The van der Waals surface area contributed by atoms with Gasteiger partial charge in [0.15, 0.2) is 0 Å². The zero-order valence-corrected chi connectivity index (χ0v) is 22.1. The normalized spacial score (nSPS) is 34.2. The topological polar surface area (TPSA) is 53.0 Å². The number of hydrogen-bond acceptors (Lipinski definition) is 4. The number of halogens is 2. The number of hydrogen-bond donors (Lipinski definition) is 1. The largest absolute Gasteiger partial charge is 0.487 e. The van der Waals surface area contributed by atoms with Crippen LogP contribution in [0.5, 0.6) is 5.75 Å². The number of rotatable bonds is 5. The Kier molecular flexibility index (Phi) is 5.25. The predicted molar refractivity (Wildman–Crippen MR) is 140 cm³/mol. The molecular weight excluding hydrogens is 495 g/mol. The highest BCUT2D eigenvalue weighted by atomic mass is 35.5. The van der Waals surface area contributed by atoms with Crippen LogP contribution in [0.4, 0.5) is 0 Å². The van der Waals surface area contributed by atoms with E-state index in [1.807, 2.05) is 18.0 Å². The van der Waals surface area contributed by atoms with Crippen LogP contribution in [0.25, 0.3) is 0 Å². The first-order valence-corrected chi connectivity index (χ1v) is 14.0. The van der Waals surface area contributed by atoms with Crippen LogP contribution in [0, 0.1) is 5.92 Å². The Hall–Kier alpha value is -1.79. The molecule has 1 N–H and O–H groups in total. The van der Waals surface area contributed by atoms with Crippen molar-refractivity contribution >= 4 is 29.1 Å². The van der Waals surface area contributed by atoms with E-state index in [0.29, 0.717) is 16.5 Å². The third-order valence-electron chi connectivity index (χ3n) is 9.86. The van der Waals surface area contributed by atoms with Crippen LogP contribution < -0.4 is 4.74 Å². The van der Waals surface area contributed by atoms with E-state index in [2.05, 4.69) is 23.1 Å². The highest BCUT2D eigenvalue weighted by molar-refractivity contribution is 6.42. The Balaban J connectivity index is 1.23. The molecule has 7 heteroatoms. The summed E-state index contributed by atoms with van der Waals surface area (Å²) in [6.07, 6.45) is 5.78. The van der Waals surface area contributed by atoms with Crippen molar-refractivity contribution in [3.8, 4) is 5.75 Å². The van der Waals surface area contributed by atoms with Crippen molar-refractivity contribution in [2.75, 3.05) is 20.1 Å². The minimum Gasteiger partial charge on any atom is -0.487 e. The fourth-order valence-electron chi connectivity index (χ4n) is 7.96. The van der Waals surface area contributed by atoms with Crippen LogP contribution in [-0.2, 0) is 23.1 Å². The molecule has 36 heavy (non-hydrogen) atoms. The van der Waals surface area contributed by atoms with E-state index in [-0.39, 0.29) is 30.5 Å². The van der Waals surface area contributed by atoms with E-state index in [4.69, 9.17) is 27.9 Å². The number of amides is 1. The van der Waals surface area contributed by atoms with Crippen molar-refractivity contribution in [3.05, 3.63) is 63.1 Å². The summed E-state index contributed by atoms with van der Waals surface area (Å²) >= 11 is 12.3. The van der Waals surface area contributed by atoms with E-state index < -0.39 is 11.0 Å². The lowest BCUT2D eigenvalue weighted by atomic mass is 9.48. The summed E-state index contributed by atoms with van der Waals surface area (Å²) in [6.45, 7) is 2.07. The van der Waals surface area contributed by atoms with Crippen molar-refractivity contribution in [2.45, 2.75) is 74.1 Å². The molecule has 7 rings (SSSR count). The maximum absolute atomic E-state index is 13.5. The van der Waals surface area contributed by atoms with E-state index in [1.165, 1.54) is 24.0 Å². The quantitative estimate of drug-likeness (QED) is 0.617. The second-order valence-electron chi connectivity index (χ2n) is 11.7. The molecule has 0 unspecified atom stereocenters. The van der Waals surface area contributed by atoms with Gasteiger partial charge in [-0.1, -0.05) is 41.4 Å². The zero-order chi connectivity index (χ0) is 24.8. The summed E-state index contributed by atoms with van der Waals surface area (Å²) in [5, 5.41) is 13.5. The molecule has 5 aliphatic rings. The van der Waals surface area contributed by atoms with Gasteiger partial charge >= 0.3 is 0 Å². The summed E-state index contributed by atoms with van der Waals surface area (Å²) in [6, 6.07) is 11.7. The fraction of sp³-hybridized carbons (Fsp3) is 0.552. The predicted octanol–water partition coefficient (Wildman–Crippen LogP) is 4.63. The second kappa shape index (κ2) is 8.10. The monoisotopic (exact) mass is 526 g/mol. The average molecular weight is 527 g/mol. The SMILES string of the molecule is CN(C(=O)Cc1ccc(Cl)c(Cl)c1)[C@@H]1CC[C@@]2(O)[C@H]3Cc4cccc5c4[C@@]2(CCN3CC2CC2)[C@H]1O5. The molecule has 1 spiro atoms. The third-order valence-corrected chi connectivity index (χ3v) is 10.6. The first kappa shape index (κ1) is 23.3. The molecule has 2 aromatic carbocycles. The van der Waals surface area contributed by atoms with Crippen LogP contribution in [0.1, 0.15) is 48.8 Å². The number of likely N-dealkylation sites (tertiary alicyclic amines) is 1. The number of carbonyl (C=O) groups excluding carboxylic acids is 1. The first-order valence-electron chi connectivity index (χ1n) is 13.3. The van der Waals surface area contributed by atoms with Crippen LogP contribution in [0.3, 0.4) is 0 Å². The number of piperidine rings is 1. The van der Waals surface area contributed by atoms with Gasteiger partial charge in [0.05, 0.1) is 33.5 Å². The van der Waals surface area contributed by atoms with Gasteiger partial charge in [0, 0.05) is 25.2 Å². The number of ether oxygens (including phenoxy) is 1. The highest BCUT2D eigenvalue weighted by Crippen LogP contribution is 2.64. The number of carbonyl (C=O) groups is 1. The van der Waals surface area contributed by atoms with Crippen molar-refractivity contribution in [2.24, 2.45) is 5.92 Å². The molecule has 5 atom stereocenters. The molecule has 2 aliphatic heterocycles. The minimum absolute atomic E-state index is 0.0264. The molecule has 1 saturated heterocycles. The number of aliphatic hydroxyl groups is 1. The molecule has 3 aliphatic carbocycles. The van der Waals surface area contributed by atoms with E-state index in [1.54, 1.807) is 12.1 Å². The maximum atomic E-state index is 13.5. The number of nitrogens with zero attached hydrogens (tertiary/aromatic N) is 2. The molecular formula is C29H32Cl2N2O3. The summed E-state index contributed by atoms with van der Waals surface area (Å²) in [7, 11) is 1.89. The van der Waals surface area contributed by atoms with Crippen molar-refractivity contribution < 1.29 is 14.6 Å². The van der Waals surface area contributed by atoms with E-state index in [9.17, 15) is 9.90 Å². The summed E-state index contributed by atoms with van der Waals surface area (Å²) in [5.74, 6) is 1.72. The molecule has 2 heterocycles. The number of benzene rings is 2. The molecule has 2 aromatic rings. The maximum Gasteiger partial charge on any atom is 0.227 e. The lowest BCUT2D eigenvalue weighted by Crippen LogP contribution is -2.78. The Morgan fingerprint density at radius 1 is 1.17 bits per heavy atom. The van der Waals surface area contributed by atoms with Crippen LogP contribution in [0.2, 0.25) is 10.0 Å². The molecule has 0 radical (unpaired) electrons.